The van der Waals surface area contributed by atoms with Gasteiger partial charge in [-0.2, -0.15) is 0 Å². The zero-order valence-electron chi connectivity index (χ0n) is 30.6. The van der Waals surface area contributed by atoms with Crippen LogP contribution in [0.15, 0.2) is 182 Å². The molecular formula is C52H36N2O. The van der Waals surface area contributed by atoms with Gasteiger partial charge in [0.2, 0.25) is 0 Å². The number of hydrogen-bond donors (Lipinski definition) is 0. The Labute approximate surface area is 320 Å². The van der Waals surface area contributed by atoms with Gasteiger partial charge in [-0.25, -0.2) is 0 Å². The standard InChI is InChI=1S/C52H36N2O/c1-51(2)39-21-8-6-18-35(39)36-31-30-34(32-44(36)51)53(33-16-4-3-5-17-33)47-28-15-25-43-50(47)55-48-29-13-10-23-41(48)52(43)40-22-9-12-27-46(40)54-45-26-11-7-19-37(45)38-20-14-24-42(52)49(38)54/h3-32H,1-2H3. The van der Waals surface area contributed by atoms with Gasteiger partial charge in [0.05, 0.1) is 27.8 Å². The molecule has 3 heterocycles. The number of fused-ring (bicyclic) bond motifs is 14. The third-order valence-electron chi connectivity index (χ3n) is 12.6. The first kappa shape index (κ1) is 30.6. The van der Waals surface area contributed by atoms with E-state index in [0.29, 0.717) is 0 Å². The SMILES string of the molecule is CC1(C)c2ccccc2-c2ccc(N(c3ccccc3)c3cccc4c3Oc3ccccc3C43c4ccccc4-n4c5ccccc5c5cccc3c54)cc21. The summed E-state index contributed by atoms with van der Waals surface area (Å²) in [7, 11) is 0. The fourth-order valence-electron chi connectivity index (χ4n) is 10.3. The number of nitrogens with zero attached hydrogens (tertiary/aromatic N) is 2. The molecule has 1 aliphatic carbocycles. The van der Waals surface area contributed by atoms with Crippen molar-refractivity contribution in [3.63, 3.8) is 0 Å². The predicted molar refractivity (Wildman–Crippen MR) is 225 cm³/mol. The summed E-state index contributed by atoms with van der Waals surface area (Å²) in [6.45, 7) is 4.70. The van der Waals surface area contributed by atoms with E-state index in [2.05, 4.69) is 205 Å². The van der Waals surface area contributed by atoms with Crippen molar-refractivity contribution in [1.29, 1.82) is 0 Å². The number of anilines is 3. The van der Waals surface area contributed by atoms with E-state index in [1.807, 2.05) is 0 Å². The van der Waals surface area contributed by atoms with Crippen LogP contribution in [0.1, 0.15) is 47.2 Å². The molecule has 1 unspecified atom stereocenters. The summed E-state index contributed by atoms with van der Waals surface area (Å²) in [6, 6.07) is 66.7. The largest absolute Gasteiger partial charge is 0.454 e. The molecule has 0 fully saturated rings. The van der Waals surface area contributed by atoms with E-state index in [0.717, 1.165) is 39.7 Å². The molecule has 3 nitrogen and oxygen atoms in total. The number of aromatic nitrogens is 1. The Morgan fingerprint density at radius 3 is 2.02 bits per heavy atom. The first-order valence-corrected chi connectivity index (χ1v) is 19.2. The van der Waals surface area contributed by atoms with Crippen molar-refractivity contribution < 1.29 is 4.74 Å². The molecular weight excluding hydrogens is 669 g/mol. The van der Waals surface area contributed by atoms with Crippen molar-refractivity contribution in [3.05, 3.63) is 215 Å². The van der Waals surface area contributed by atoms with Crippen LogP contribution in [0, 0.1) is 0 Å². The van der Waals surface area contributed by atoms with Crippen LogP contribution in [0.25, 0.3) is 38.6 Å². The Balaban J connectivity index is 1.18. The van der Waals surface area contributed by atoms with Crippen molar-refractivity contribution in [2.45, 2.75) is 24.7 Å². The van der Waals surface area contributed by atoms with Crippen LogP contribution >= 0.6 is 0 Å². The summed E-state index contributed by atoms with van der Waals surface area (Å²) >= 11 is 0. The van der Waals surface area contributed by atoms with E-state index in [4.69, 9.17) is 4.74 Å². The Bertz CT molecular complexity index is 3060. The van der Waals surface area contributed by atoms with Gasteiger partial charge < -0.3 is 14.2 Å². The van der Waals surface area contributed by atoms with E-state index in [1.165, 1.54) is 60.9 Å². The topological polar surface area (TPSA) is 17.4 Å². The molecule has 1 aromatic heterocycles. The van der Waals surface area contributed by atoms with E-state index in [9.17, 15) is 0 Å². The molecule has 0 saturated carbocycles. The molecule has 3 aliphatic rings. The highest BCUT2D eigenvalue weighted by molar-refractivity contribution is 6.12. The van der Waals surface area contributed by atoms with Crippen molar-refractivity contribution in [2.75, 3.05) is 4.90 Å². The lowest BCUT2D eigenvalue weighted by atomic mass is 9.61. The second kappa shape index (κ2) is 10.9. The predicted octanol–water partition coefficient (Wildman–Crippen LogP) is 13.4. The molecule has 1 atom stereocenters. The minimum atomic E-state index is -0.648. The van der Waals surface area contributed by atoms with E-state index in [-0.39, 0.29) is 5.41 Å². The summed E-state index contributed by atoms with van der Waals surface area (Å²) in [4.78, 5) is 2.39. The second-order valence-electron chi connectivity index (χ2n) is 15.6. The number of benzene rings is 8. The summed E-state index contributed by atoms with van der Waals surface area (Å²) in [5.74, 6) is 1.74. The molecule has 0 bridgehead atoms. The minimum absolute atomic E-state index is 0.136. The highest BCUT2D eigenvalue weighted by atomic mass is 16.5. The summed E-state index contributed by atoms with van der Waals surface area (Å²) in [5, 5.41) is 2.52. The molecule has 2 aliphatic heterocycles. The Kier molecular flexibility index (Phi) is 6.05. The number of ether oxygens (including phenoxy) is 1. The molecule has 55 heavy (non-hydrogen) atoms. The van der Waals surface area contributed by atoms with Gasteiger partial charge in [0.15, 0.2) is 5.75 Å². The molecule has 0 radical (unpaired) electrons. The molecule has 260 valence electrons. The first-order valence-electron chi connectivity index (χ1n) is 19.2. The minimum Gasteiger partial charge on any atom is -0.454 e. The molecule has 9 aromatic rings. The second-order valence-corrected chi connectivity index (χ2v) is 15.6. The van der Waals surface area contributed by atoms with Crippen LogP contribution in [-0.4, -0.2) is 4.57 Å². The third kappa shape index (κ3) is 3.84. The lowest BCUT2D eigenvalue weighted by Gasteiger charge is -2.45. The molecule has 0 N–H and O–H groups in total. The van der Waals surface area contributed by atoms with E-state index >= 15 is 0 Å². The van der Waals surface area contributed by atoms with Crippen molar-refractivity contribution >= 4 is 38.9 Å². The Hall–Kier alpha value is -6.84. The summed E-state index contributed by atoms with van der Waals surface area (Å²) < 4.78 is 9.74. The molecule has 0 saturated heterocycles. The van der Waals surface area contributed by atoms with Crippen molar-refractivity contribution in [3.8, 4) is 28.3 Å². The van der Waals surface area contributed by atoms with Crippen LogP contribution in [0.4, 0.5) is 17.1 Å². The normalized spacial score (nSPS) is 16.5. The van der Waals surface area contributed by atoms with Gasteiger partial charge in [-0.05, 0) is 81.9 Å². The highest BCUT2D eigenvalue weighted by Crippen LogP contribution is 2.62. The summed E-state index contributed by atoms with van der Waals surface area (Å²) in [5.41, 5.74) is 16.2. The highest BCUT2D eigenvalue weighted by Gasteiger charge is 2.51. The van der Waals surface area contributed by atoms with Crippen LogP contribution in [0.2, 0.25) is 0 Å². The molecule has 12 rings (SSSR count). The lowest BCUT2D eigenvalue weighted by Crippen LogP contribution is -2.38. The van der Waals surface area contributed by atoms with Gasteiger partial charge in [-0.15, -0.1) is 0 Å². The first-order chi connectivity index (χ1) is 27.1. The Morgan fingerprint density at radius 1 is 0.473 bits per heavy atom. The fourth-order valence-corrected chi connectivity index (χ4v) is 10.3. The number of para-hydroxylation sites is 6. The number of hydrogen-bond acceptors (Lipinski definition) is 2. The maximum absolute atomic E-state index is 7.25. The summed E-state index contributed by atoms with van der Waals surface area (Å²) in [6.07, 6.45) is 0. The molecule has 1 spiro atoms. The smallest absolute Gasteiger partial charge is 0.156 e. The average Bonchev–Trinajstić information content (AvgIpc) is 3.69. The van der Waals surface area contributed by atoms with Crippen LogP contribution < -0.4 is 9.64 Å². The van der Waals surface area contributed by atoms with Gasteiger partial charge in [-0.1, -0.05) is 147 Å². The van der Waals surface area contributed by atoms with Crippen molar-refractivity contribution in [1.82, 2.24) is 4.57 Å². The van der Waals surface area contributed by atoms with Crippen LogP contribution in [-0.2, 0) is 10.8 Å². The zero-order chi connectivity index (χ0) is 36.5. The third-order valence-corrected chi connectivity index (χ3v) is 12.6. The fraction of sp³-hybridized carbons (Fsp3) is 0.0769. The molecule has 3 heteroatoms. The van der Waals surface area contributed by atoms with E-state index in [1.54, 1.807) is 0 Å². The zero-order valence-corrected chi connectivity index (χ0v) is 30.6. The van der Waals surface area contributed by atoms with Crippen LogP contribution in [0.5, 0.6) is 11.5 Å². The van der Waals surface area contributed by atoms with Crippen LogP contribution in [0.3, 0.4) is 0 Å². The van der Waals surface area contributed by atoms with Gasteiger partial charge in [0, 0.05) is 38.7 Å². The quantitative estimate of drug-likeness (QED) is 0.182. The van der Waals surface area contributed by atoms with Crippen molar-refractivity contribution in [2.24, 2.45) is 0 Å². The van der Waals surface area contributed by atoms with Gasteiger partial charge in [-0.3, -0.25) is 0 Å². The maximum atomic E-state index is 7.25. The number of rotatable bonds is 3. The van der Waals surface area contributed by atoms with Gasteiger partial charge in [0.25, 0.3) is 0 Å². The maximum Gasteiger partial charge on any atom is 0.156 e. The Morgan fingerprint density at radius 2 is 1.13 bits per heavy atom. The lowest BCUT2D eigenvalue weighted by molar-refractivity contribution is 0.435. The monoisotopic (exact) mass is 704 g/mol. The molecule has 0 amide bonds. The van der Waals surface area contributed by atoms with Gasteiger partial charge in [0.1, 0.15) is 5.75 Å². The van der Waals surface area contributed by atoms with E-state index < -0.39 is 5.41 Å². The average molecular weight is 705 g/mol. The molecule has 8 aromatic carbocycles. The van der Waals surface area contributed by atoms with Gasteiger partial charge >= 0.3 is 0 Å².